The molecule has 3 aromatic heterocycles. The molecule has 1 saturated carbocycles. The average molecular weight is 493 g/mol. The molecule has 2 N–H and O–H groups in total. The molecule has 5 rings (SSSR count). The SMILES string of the molecule is N#CC[C@H]1CC[C@H](n2c(CNC(=O)O)nc3cnc4c(ccn4S(=O)(=O)c4ccccc4)c32)CC1. The summed E-state index contributed by atoms with van der Waals surface area (Å²) in [7, 11) is -3.85. The van der Waals surface area contributed by atoms with Crippen LogP contribution in [0, 0.1) is 17.2 Å². The van der Waals surface area contributed by atoms with Crippen molar-refractivity contribution >= 4 is 38.2 Å². The Morgan fingerprint density at radius 2 is 1.91 bits per heavy atom. The molecular weight excluding hydrogens is 468 g/mol. The van der Waals surface area contributed by atoms with Crippen molar-refractivity contribution in [2.24, 2.45) is 5.92 Å². The summed E-state index contributed by atoms with van der Waals surface area (Å²) in [5.41, 5.74) is 1.61. The second-order valence-electron chi connectivity index (χ2n) is 8.75. The topological polar surface area (TPSA) is 143 Å². The van der Waals surface area contributed by atoms with Crippen LogP contribution in [0.1, 0.15) is 44.0 Å². The highest BCUT2D eigenvalue weighted by Crippen LogP contribution is 2.38. The van der Waals surface area contributed by atoms with Crippen LogP contribution in [-0.2, 0) is 16.6 Å². The molecule has 0 spiro atoms. The Morgan fingerprint density at radius 3 is 2.60 bits per heavy atom. The molecule has 0 aliphatic heterocycles. The minimum atomic E-state index is -3.85. The van der Waals surface area contributed by atoms with E-state index < -0.39 is 16.1 Å². The number of imidazole rings is 1. The fourth-order valence-electron chi connectivity index (χ4n) is 5.00. The monoisotopic (exact) mass is 492 g/mol. The van der Waals surface area contributed by atoms with Gasteiger partial charge in [0.25, 0.3) is 10.0 Å². The Bertz CT molecular complexity index is 1540. The number of hydrogen-bond acceptors (Lipinski definition) is 6. The number of nitriles is 1. The molecule has 3 heterocycles. The third kappa shape index (κ3) is 4.10. The van der Waals surface area contributed by atoms with Crippen molar-refractivity contribution < 1.29 is 18.3 Å². The zero-order chi connectivity index (χ0) is 24.6. The maximum atomic E-state index is 13.3. The lowest BCUT2D eigenvalue weighted by atomic mass is 9.84. The number of amides is 1. The van der Waals surface area contributed by atoms with Gasteiger partial charge in [-0.1, -0.05) is 18.2 Å². The number of benzene rings is 1. The minimum Gasteiger partial charge on any atom is -0.465 e. The summed E-state index contributed by atoms with van der Waals surface area (Å²) in [5.74, 6) is 0.907. The average Bonchev–Trinajstić information content (AvgIpc) is 3.46. The summed E-state index contributed by atoms with van der Waals surface area (Å²) in [6.07, 6.45) is 5.84. The molecule has 0 saturated heterocycles. The van der Waals surface area contributed by atoms with Gasteiger partial charge in [0, 0.05) is 24.0 Å². The number of carboxylic acid groups (broad SMARTS) is 1. The molecule has 11 heteroatoms. The largest absolute Gasteiger partial charge is 0.465 e. The molecule has 0 atom stereocenters. The fraction of sp³-hybridized carbons (Fsp3) is 0.333. The van der Waals surface area contributed by atoms with Crippen molar-refractivity contribution in [3.8, 4) is 6.07 Å². The summed E-state index contributed by atoms with van der Waals surface area (Å²) in [6, 6.07) is 12.2. The van der Waals surface area contributed by atoms with Crippen molar-refractivity contribution in [2.45, 2.75) is 49.6 Å². The summed E-state index contributed by atoms with van der Waals surface area (Å²) >= 11 is 0. The van der Waals surface area contributed by atoms with E-state index in [1.165, 1.54) is 16.4 Å². The first-order chi connectivity index (χ1) is 16.9. The van der Waals surface area contributed by atoms with Crippen molar-refractivity contribution in [2.75, 3.05) is 0 Å². The zero-order valence-corrected chi connectivity index (χ0v) is 19.6. The number of rotatable bonds is 6. The first kappa shape index (κ1) is 22.9. The maximum Gasteiger partial charge on any atom is 0.405 e. The third-order valence-electron chi connectivity index (χ3n) is 6.66. The Balaban J connectivity index is 1.65. The normalized spacial score (nSPS) is 18.5. The first-order valence-electron chi connectivity index (χ1n) is 11.4. The zero-order valence-electron chi connectivity index (χ0n) is 18.8. The summed E-state index contributed by atoms with van der Waals surface area (Å²) in [4.78, 5) is 20.4. The molecule has 1 aliphatic carbocycles. The second kappa shape index (κ2) is 9.03. The molecule has 1 aromatic carbocycles. The van der Waals surface area contributed by atoms with Gasteiger partial charge in [-0.3, -0.25) is 0 Å². The molecule has 180 valence electrons. The molecule has 35 heavy (non-hydrogen) atoms. The van der Waals surface area contributed by atoms with Gasteiger partial charge in [-0.05, 0) is 49.8 Å². The van der Waals surface area contributed by atoms with E-state index in [2.05, 4.69) is 21.4 Å². The summed E-state index contributed by atoms with van der Waals surface area (Å²) < 4.78 is 29.8. The quantitative estimate of drug-likeness (QED) is 0.413. The van der Waals surface area contributed by atoms with Crippen LogP contribution in [0.4, 0.5) is 4.79 Å². The molecule has 4 aromatic rings. The second-order valence-corrected chi connectivity index (χ2v) is 10.6. The Labute approximate surface area is 201 Å². The number of nitrogens with one attached hydrogen (secondary N) is 1. The van der Waals surface area contributed by atoms with E-state index in [9.17, 15) is 13.2 Å². The lowest BCUT2D eigenvalue weighted by Crippen LogP contribution is -2.25. The van der Waals surface area contributed by atoms with E-state index in [1.54, 1.807) is 36.4 Å². The van der Waals surface area contributed by atoms with Crippen molar-refractivity contribution in [1.29, 1.82) is 5.26 Å². The lowest BCUT2D eigenvalue weighted by molar-refractivity contribution is 0.193. The number of fused-ring (bicyclic) bond motifs is 3. The first-order valence-corrected chi connectivity index (χ1v) is 12.9. The predicted octanol–water partition coefficient (Wildman–Crippen LogP) is 4.04. The molecule has 1 amide bonds. The Morgan fingerprint density at radius 1 is 1.17 bits per heavy atom. The van der Waals surface area contributed by atoms with E-state index in [0.717, 1.165) is 31.2 Å². The molecule has 1 fully saturated rings. The molecule has 0 unspecified atom stereocenters. The number of carbonyl (C=O) groups is 1. The van der Waals surface area contributed by atoms with Gasteiger partial charge in [-0.15, -0.1) is 0 Å². The van der Waals surface area contributed by atoms with Crippen LogP contribution in [0.3, 0.4) is 0 Å². The van der Waals surface area contributed by atoms with E-state index in [-0.39, 0.29) is 17.5 Å². The lowest BCUT2D eigenvalue weighted by Gasteiger charge is -2.30. The smallest absolute Gasteiger partial charge is 0.405 e. The van der Waals surface area contributed by atoms with E-state index in [0.29, 0.717) is 34.7 Å². The van der Waals surface area contributed by atoms with Gasteiger partial charge in [-0.2, -0.15) is 5.26 Å². The van der Waals surface area contributed by atoms with E-state index in [4.69, 9.17) is 10.4 Å². The summed E-state index contributed by atoms with van der Waals surface area (Å²) in [6.45, 7) is 0.0205. The Hall–Kier alpha value is -3.91. The van der Waals surface area contributed by atoms with Crippen LogP contribution in [0.5, 0.6) is 0 Å². The van der Waals surface area contributed by atoms with Gasteiger partial charge in [0.2, 0.25) is 0 Å². The van der Waals surface area contributed by atoms with Crippen LogP contribution < -0.4 is 5.32 Å². The predicted molar refractivity (Wildman–Crippen MR) is 128 cm³/mol. The van der Waals surface area contributed by atoms with Gasteiger partial charge < -0.3 is 15.0 Å². The van der Waals surface area contributed by atoms with Crippen LogP contribution in [0.2, 0.25) is 0 Å². The molecule has 0 radical (unpaired) electrons. The van der Waals surface area contributed by atoms with Gasteiger partial charge in [0.15, 0.2) is 5.65 Å². The standard InChI is InChI=1S/C24H24N6O4S/c25-12-10-16-6-8-17(9-7-16)30-21(15-27-24(31)32)28-20-14-26-23-19(22(20)30)11-13-29(23)35(33,34)18-4-2-1-3-5-18/h1-5,11,13-14,16-17,27H,6-10,15H2,(H,31,32)/t16-,17-. The van der Waals surface area contributed by atoms with Crippen LogP contribution in [0.15, 0.2) is 53.7 Å². The van der Waals surface area contributed by atoms with Gasteiger partial charge in [0.05, 0.1) is 29.2 Å². The number of hydrogen-bond donors (Lipinski definition) is 2. The number of pyridine rings is 1. The maximum absolute atomic E-state index is 13.3. The minimum absolute atomic E-state index is 0.0205. The molecular formula is C24H24N6O4S. The molecule has 10 nitrogen and oxygen atoms in total. The fourth-order valence-corrected chi connectivity index (χ4v) is 6.33. The third-order valence-corrected chi connectivity index (χ3v) is 8.34. The Kier molecular flexibility index (Phi) is 5.90. The highest BCUT2D eigenvalue weighted by atomic mass is 32.2. The number of aromatic nitrogens is 4. The van der Waals surface area contributed by atoms with Gasteiger partial charge >= 0.3 is 6.09 Å². The van der Waals surface area contributed by atoms with Crippen molar-refractivity contribution in [3.05, 3.63) is 54.6 Å². The molecule has 0 bridgehead atoms. The van der Waals surface area contributed by atoms with Gasteiger partial charge in [0.1, 0.15) is 11.3 Å². The van der Waals surface area contributed by atoms with E-state index >= 15 is 0 Å². The van der Waals surface area contributed by atoms with Crippen LogP contribution in [-0.4, -0.2) is 38.1 Å². The number of nitrogens with zero attached hydrogens (tertiary/aromatic N) is 5. The van der Waals surface area contributed by atoms with Gasteiger partial charge in [-0.25, -0.2) is 27.2 Å². The van der Waals surface area contributed by atoms with E-state index in [1.807, 2.05) is 4.57 Å². The van der Waals surface area contributed by atoms with Crippen molar-refractivity contribution in [1.82, 2.24) is 23.8 Å². The summed E-state index contributed by atoms with van der Waals surface area (Å²) in [5, 5.41) is 21.2. The van der Waals surface area contributed by atoms with Crippen molar-refractivity contribution in [3.63, 3.8) is 0 Å². The highest BCUT2D eigenvalue weighted by molar-refractivity contribution is 7.90. The van der Waals surface area contributed by atoms with Crippen LogP contribution in [0.25, 0.3) is 22.1 Å². The molecule has 1 aliphatic rings. The van der Waals surface area contributed by atoms with Crippen LogP contribution >= 0.6 is 0 Å². The highest BCUT2D eigenvalue weighted by Gasteiger charge is 2.28.